The monoisotopic (exact) mass is 632 g/mol. The number of nitrogens with zero attached hydrogens (tertiary/aromatic N) is 3. The number of hydrogen-bond donors (Lipinski definition) is 2. The summed E-state index contributed by atoms with van der Waals surface area (Å²) in [6.07, 6.45) is 4.16. The Kier molecular flexibility index (Phi) is 23.1. The second kappa shape index (κ2) is 23.9. The van der Waals surface area contributed by atoms with Gasteiger partial charge < -0.3 is 25.6 Å². The molecular formula is C34H50KN4O3P. The molecule has 2 N–H and O–H groups in total. The van der Waals surface area contributed by atoms with E-state index in [2.05, 4.69) is 94.8 Å². The Labute approximate surface area is 304 Å². The van der Waals surface area contributed by atoms with Crippen LogP contribution in [0.5, 0.6) is 5.75 Å². The maximum Gasteiger partial charge on any atom is 1.00 e. The number of carbonyl (C=O) groups excluding carboxylic acids is 1. The predicted octanol–water partition coefficient (Wildman–Crippen LogP) is 4.41. The second-order valence-electron chi connectivity index (χ2n) is 10.4. The van der Waals surface area contributed by atoms with Gasteiger partial charge in [0, 0.05) is 18.2 Å². The average Bonchev–Trinajstić information content (AvgIpc) is 2.95. The molecule has 1 heterocycles. The number of aliphatic hydroxyl groups is 1. The summed E-state index contributed by atoms with van der Waals surface area (Å²) in [4.78, 5) is 14.8. The summed E-state index contributed by atoms with van der Waals surface area (Å²) in [7, 11) is 0.505. The molecule has 3 rings (SSSR count). The Balaban J connectivity index is 0.000000779. The van der Waals surface area contributed by atoms with Crippen LogP contribution in [0.1, 0.15) is 63.8 Å². The van der Waals surface area contributed by atoms with E-state index >= 15 is 0 Å². The van der Waals surface area contributed by atoms with Gasteiger partial charge in [-0.2, -0.15) is 0 Å². The number of benzene rings is 2. The van der Waals surface area contributed by atoms with Crippen LogP contribution in [0, 0.1) is 6.92 Å². The van der Waals surface area contributed by atoms with Gasteiger partial charge in [0.05, 0.1) is 11.8 Å². The van der Waals surface area contributed by atoms with Crippen molar-refractivity contribution < 1.29 is 66.0 Å². The fourth-order valence-electron chi connectivity index (χ4n) is 3.82. The molecule has 7 nitrogen and oxygen atoms in total. The number of aryl methyl sites for hydroxylation is 2. The molecule has 9 heteroatoms. The summed E-state index contributed by atoms with van der Waals surface area (Å²) in [5.41, 5.74) is 10.9. The second-order valence-corrected chi connectivity index (χ2v) is 11.4. The fraction of sp³-hybridized carbons (Fsp3) is 0.412. The third-order valence-corrected chi connectivity index (χ3v) is 6.86. The number of nitrogens with one attached hydrogen (secondary N) is 1. The molecule has 3 atom stereocenters. The minimum absolute atomic E-state index is 0. The van der Waals surface area contributed by atoms with Crippen LogP contribution >= 0.6 is 8.58 Å². The van der Waals surface area contributed by atoms with Crippen molar-refractivity contribution in [2.24, 2.45) is 4.99 Å². The van der Waals surface area contributed by atoms with Crippen LogP contribution in [0.3, 0.4) is 0 Å². The third kappa shape index (κ3) is 17.6. The summed E-state index contributed by atoms with van der Waals surface area (Å²) in [6, 6.07) is 14.3. The topological polar surface area (TPSA) is 88.3 Å². The molecule has 0 saturated carbocycles. The smallest absolute Gasteiger partial charge is 0.568 e. The maximum atomic E-state index is 10.8. The number of allylic oxidation sites excluding steroid dienone is 2. The summed E-state index contributed by atoms with van der Waals surface area (Å²) in [5, 5.41) is 13.8. The molecule has 0 radical (unpaired) electrons. The first-order valence-electron chi connectivity index (χ1n) is 14.4. The van der Waals surface area contributed by atoms with Crippen LogP contribution in [-0.2, 0) is 17.6 Å². The number of ether oxygens (including phenoxy) is 1. The van der Waals surface area contributed by atoms with Gasteiger partial charge >= 0.3 is 51.4 Å². The molecule has 0 aromatic heterocycles. The largest absolute Gasteiger partial charge is 1.00 e. The Bertz CT molecular complexity index is 1160. The molecule has 1 amide bonds. The molecule has 1 saturated heterocycles. The Hall–Kier alpha value is -1.45. The zero-order valence-corrected chi connectivity index (χ0v) is 31.6. The van der Waals surface area contributed by atoms with Gasteiger partial charge in [0.15, 0.2) is 0 Å². The molecule has 2 unspecified atom stereocenters. The van der Waals surface area contributed by atoms with E-state index in [1.54, 1.807) is 5.01 Å². The van der Waals surface area contributed by atoms with Crippen molar-refractivity contribution in [2.45, 2.75) is 79.7 Å². The normalized spacial score (nSPS) is 15.0. The van der Waals surface area contributed by atoms with Crippen LogP contribution in [0.2, 0.25) is 0 Å². The molecular weight excluding hydrogens is 582 g/mol. The van der Waals surface area contributed by atoms with Crippen LogP contribution in [0.25, 0.3) is 11.1 Å². The van der Waals surface area contributed by atoms with Crippen molar-refractivity contribution in [3.05, 3.63) is 100 Å². The number of β-amino-alcohol motifs (C(OH)–C–C–N with tert-alkyl or cyclic N) is 1. The number of hydrogen-bond acceptors (Lipinski definition) is 5. The maximum absolute atomic E-state index is 10.8. The number of rotatable bonds is 13. The summed E-state index contributed by atoms with van der Waals surface area (Å²) in [5.74, 6) is 4.87. The first kappa shape index (κ1) is 41.5. The van der Waals surface area contributed by atoms with E-state index in [4.69, 9.17) is 4.74 Å². The molecule has 0 aliphatic carbocycles. The minimum Gasteiger partial charge on any atom is -0.568 e. The fourth-order valence-corrected chi connectivity index (χ4v) is 4.35. The Morgan fingerprint density at radius 3 is 2.35 bits per heavy atom. The number of aliphatic imine (C=N–C) groups is 1. The van der Waals surface area contributed by atoms with Crippen molar-refractivity contribution in [3.63, 3.8) is 0 Å². The number of carbonyl (C=O) groups is 1. The van der Waals surface area contributed by atoms with E-state index < -0.39 is 6.23 Å². The van der Waals surface area contributed by atoms with Crippen molar-refractivity contribution in [1.29, 1.82) is 0 Å². The first-order chi connectivity index (χ1) is 20.1. The molecule has 0 spiro atoms. The van der Waals surface area contributed by atoms with E-state index in [1.807, 2.05) is 42.8 Å². The van der Waals surface area contributed by atoms with Crippen molar-refractivity contribution in [1.82, 2.24) is 10.3 Å². The van der Waals surface area contributed by atoms with E-state index in [0.29, 0.717) is 34.5 Å². The van der Waals surface area contributed by atoms with Crippen LogP contribution in [-0.4, -0.2) is 54.7 Å². The van der Waals surface area contributed by atoms with Gasteiger partial charge in [-0.25, -0.2) is 0 Å². The van der Waals surface area contributed by atoms with Gasteiger partial charge in [-0.3, -0.25) is 9.79 Å². The van der Waals surface area contributed by atoms with E-state index in [9.17, 15) is 9.90 Å². The molecule has 43 heavy (non-hydrogen) atoms. The molecule has 2 aromatic rings. The summed E-state index contributed by atoms with van der Waals surface area (Å²) >= 11 is 0. The molecule has 1 fully saturated rings. The zero-order chi connectivity index (χ0) is 31.5. The first-order valence-corrected chi connectivity index (χ1v) is 15.5. The van der Waals surface area contributed by atoms with Crippen LogP contribution in [0.15, 0.2) is 77.3 Å². The third-order valence-electron chi connectivity index (χ3n) is 6.18. The number of amides is 1. The molecule has 1 aliphatic rings. The van der Waals surface area contributed by atoms with Gasteiger partial charge in [0.1, 0.15) is 5.75 Å². The van der Waals surface area contributed by atoms with Crippen LogP contribution < -0.4 is 61.4 Å². The van der Waals surface area contributed by atoms with Gasteiger partial charge in [-0.15, -0.1) is 0 Å². The number of aliphatic hydroxyl groups excluding tert-OH is 1. The van der Waals surface area contributed by atoms with E-state index in [1.165, 1.54) is 16.7 Å². The zero-order valence-electron chi connectivity index (χ0n) is 27.4. The standard InChI is InChI=1S/C17H22N4O2P.C12H18O.C5H10.K/c1-3-24-11-16(18-2)14-6-4-13(5-7-14)8-15(19-12-22)9-21-10-17(23)20-21;1-5-11-8-10(4)6-7-12(11)13-9(2)3;1-4-5(2)3;/h3-7,11-12,15,17,23-24H,1-2,8-10H2,(H,19,22);6-9H,5H2,1-4H3;4H,1-3H3;/q-1;;;+1/b16-11-;;;/t15-,17?;;;/m0.../s1. The summed E-state index contributed by atoms with van der Waals surface area (Å²) < 4.78 is 5.69. The van der Waals surface area contributed by atoms with E-state index in [-0.39, 0.29) is 63.5 Å². The van der Waals surface area contributed by atoms with E-state index in [0.717, 1.165) is 29.0 Å². The molecule has 1 aliphatic heterocycles. The average molecular weight is 633 g/mol. The molecule has 230 valence electrons. The van der Waals surface area contributed by atoms with Crippen molar-refractivity contribution in [3.8, 4) is 5.75 Å². The van der Waals surface area contributed by atoms with Gasteiger partial charge in [0.2, 0.25) is 6.41 Å². The Morgan fingerprint density at radius 2 is 1.88 bits per heavy atom. The van der Waals surface area contributed by atoms with Crippen LogP contribution in [0.4, 0.5) is 0 Å². The van der Waals surface area contributed by atoms with Gasteiger partial charge in [-0.1, -0.05) is 81.5 Å². The quantitative estimate of drug-likeness (QED) is 0.113. The summed E-state index contributed by atoms with van der Waals surface area (Å²) in [6.45, 7) is 23.0. The van der Waals surface area contributed by atoms with Crippen molar-refractivity contribution in [2.75, 3.05) is 13.1 Å². The SMILES string of the molecule is C=CP/C=C(\N=C)c1ccc(C[C@@H](CN2CC(O)[N-]2)NC=O)cc1.CC=C(C)C.CCc1cc(C)ccc1OC(C)C.[K+]. The van der Waals surface area contributed by atoms with Crippen molar-refractivity contribution >= 4 is 27.4 Å². The molecule has 0 bridgehead atoms. The van der Waals surface area contributed by atoms with Gasteiger partial charge in [-0.05, 0) is 96.9 Å². The molecule has 2 aromatic carbocycles. The predicted molar refractivity (Wildman–Crippen MR) is 182 cm³/mol. The Morgan fingerprint density at radius 1 is 1.26 bits per heavy atom. The minimum atomic E-state index is -0.603. The van der Waals surface area contributed by atoms with Gasteiger partial charge in [0.25, 0.3) is 0 Å².